The minimum atomic E-state index is -1.04. The molecule has 0 bridgehead atoms. The van der Waals surface area contributed by atoms with Gasteiger partial charge in [-0.2, -0.15) is 4.39 Å². The number of aromatic nitrogens is 1. The molecule has 0 fully saturated rings. The zero-order valence-corrected chi connectivity index (χ0v) is 10.5. The van der Waals surface area contributed by atoms with E-state index in [0.717, 1.165) is 12.1 Å². The summed E-state index contributed by atoms with van der Waals surface area (Å²) in [5, 5.41) is 10.5. The number of carbonyl (C=O) groups excluding carboxylic acids is 1. The molecule has 0 N–H and O–H groups in total. The first-order chi connectivity index (χ1) is 9.50. The number of halogens is 1. The van der Waals surface area contributed by atoms with E-state index in [-0.39, 0.29) is 5.56 Å². The van der Waals surface area contributed by atoms with Crippen LogP contribution in [0.25, 0.3) is 0 Å². The highest BCUT2D eigenvalue weighted by Crippen LogP contribution is 2.20. The second kappa shape index (κ2) is 5.43. The summed E-state index contributed by atoms with van der Waals surface area (Å²) in [6, 6.07) is 6.31. The lowest BCUT2D eigenvalue weighted by Crippen LogP contribution is -2.26. The lowest BCUT2D eigenvalue weighted by atomic mass is 10.1. The Morgan fingerprint density at radius 3 is 2.50 bits per heavy atom. The normalized spacial score (nSPS) is 10.1. The first-order valence-corrected chi connectivity index (χ1v) is 5.62. The SMILES string of the molecule is CN(C(=O)c1ccc([N+](=O)[O-])c(F)c1)c1ccncc1. The Kier molecular flexibility index (Phi) is 3.69. The maximum absolute atomic E-state index is 13.5. The second-order valence-electron chi connectivity index (χ2n) is 3.99. The first-order valence-electron chi connectivity index (χ1n) is 5.62. The molecular weight excluding hydrogens is 265 g/mol. The highest BCUT2D eigenvalue weighted by atomic mass is 19.1. The summed E-state index contributed by atoms with van der Waals surface area (Å²) in [7, 11) is 1.52. The van der Waals surface area contributed by atoms with Gasteiger partial charge in [-0.1, -0.05) is 0 Å². The van der Waals surface area contributed by atoms with E-state index in [1.165, 1.54) is 30.4 Å². The zero-order chi connectivity index (χ0) is 14.7. The molecule has 20 heavy (non-hydrogen) atoms. The Morgan fingerprint density at radius 1 is 1.30 bits per heavy atom. The Balaban J connectivity index is 2.30. The van der Waals surface area contributed by atoms with Gasteiger partial charge in [0, 0.05) is 36.8 Å². The molecule has 0 spiro atoms. The van der Waals surface area contributed by atoms with Crippen LogP contribution in [0.3, 0.4) is 0 Å². The number of benzene rings is 1. The molecule has 0 saturated carbocycles. The molecule has 0 unspecified atom stereocenters. The number of amides is 1. The molecule has 0 radical (unpaired) electrons. The van der Waals surface area contributed by atoms with Crippen molar-refractivity contribution in [3.8, 4) is 0 Å². The van der Waals surface area contributed by atoms with Crippen molar-refractivity contribution in [3.63, 3.8) is 0 Å². The van der Waals surface area contributed by atoms with Crippen molar-refractivity contribution in [2.75, 3.05) is 11.9 Å². The van der Waals surface area contributed by atoms with Gasteiger partial charge in [-0.05, 0) is 24.3 Å². The Hall–Kier alpha value is -2.83. The number of hydrogen-bond acceptors (Lipinski definition) is 4. The molecule has 0 aliphatic rings. The highest BCUT2D eigenvalue weighted by Gasteiger charge is 2.19. The zero-order valence-electron chi connectivity index (χ0n) is 10.5. The molecule has 1 aromatic carbocycles. The maximum atomic E-state index is 13.5. The van der Waals surface area contributed by atoms with Gasteiger partial charge in [0.25, 0.3) is 5.91 Å². The van der Waals surface area contributed by atoms with E-state index in [2.05, 4.69) is 4.98 Å². The van der Waals surface area contributed by atoms with E-state index in [1.807, 2.05) is 0 Å². The monoisotopic (exact) mass is 275 g/mol. The topological polar surface area (TPSA) is 76.3 Å². The van der Waals surface area contributed by atoms with E-state index in [1.54, 1.807) is 12.1 Å². The van der Waals surface area contributed by atoms with Gasteiger partial charge < -0.3 is 4.90 Å². The molecule has 1 amide bonds. The Bertz CT molecular complexity index is 661. The van der Waals surface area contributed by atoms with Crippen LogP contribution in [0.1, 0.15) is 10.4 Å². The van der Waals surface area contributed by atoms with Crippen molar-refractivity contribution in [2.24, 2.45) is 0 Å². The summed E-state index contributed by atoms with van der Waals surface area (Å²) in [6.45, 7) is 0. The van der Waals surface area contributed by atoms with Crippen LogP contribution in [0.5, 0.6) is 0 Å². The molecule has 0 aliphatic heterocycles. The summed E-state index contributed by atoms with van der Waals surface area (Å²) in [5.74, 6) is -1.51. The van der Waals surface area contributed by atoms with E-state index in [9.17, 15) is 19.3 Å². The van der Waals surface area contributed by atoms with Crippen molar-refractivity contribution < 1.29 is 14.1 Å². The predicted molar refractivity (Wildman–Crippen MR) is 70.0 cm³/mol. The lowest BCUT2D eigenvalue weighted by molar-refractivity contribution is -0.387. The molecule has 0 atom stereocenters. The number of hydrogen-bond donors (Lipinski definition) is 0. The highest BCUT2D eigenvalue weighted by molar-refractivity contribution is 6.05. The number of nitro benzene ring substituents is 1. The summed E-state index contributed by atoms with van der Waals surface area (Å²) in [6.07, 6.45) is 3.05. The third kappa shape index (κ3) is 2.61. The number of nitro groups is 1. The third-order valence-electron chi connectivity index (χ3n) is 2.75. The standard InChI is InChI=1S/C13H10FN3O3/c1-16(10-4-6-15-7-5-10)13(18)9-2-3-12(17(19)20)11(14)8-9/h2-8H,1H3. The quantitative estimate of drug-likeness (QED) is 0.636. The maximum Gasteiger partial charge on any atom is 0.304 e. The van der Waals surface area contributed by atoms with Gasteiger partial charge in [0.1, 0.15) is 0 Å². The lowest BCUT2D eigenvalue weighted by Gasteiger charge is -2.16. The fourth-order valence-electron chi connectivity index (χ4n) is 1.67. The van der Waals surface area contributed by atoms with Crippen LogP contribution in [0.2, 0.25) is 0 Å². The molecule has 2 aromatic rings. The molecule has 102 valence electrons. The molecule has 0 saturated heterocycles. The van der Waals surface area contributed by atoms with Crippen LogP contribution in [0.4, 0.5) is 15.8 Å². The average molecular weight is 275 g/mol. The van der Waals surface area contributed by atoms with Crippen LogP contribution in [-0.2, 0) is 0 Å². The Morgan fingerprint density at radius 2 is 1.95 bits per heavy atom. The van der Waals surface area contributed by atoms with Crippen LogP contribution in [0, 0.1) is 15.9 Å². The molecule has 1 heterocycles. The number of carbonyl (C=O) groups is 1. The van der Waals surface area contributed by atoms with Gasteiger partial charge >= 0.3 is 5.69 Å². The van der Waals surface area contributed by atoms with Gasteiger partial charge in [-0.15, -0.1) is 0 Å². The summed E-state index contributed by atoms with van der Waals surface area (Å²) in [4.78, 5) is 27.0. The summed E-state index contributed by atoms with van der Waals surface area (Å²) in [5.41, 5.74) is -0.0377. The minimum Gasteiger partial charge on any atom is -0.311 e. The molecule has 1 aromatic heterocycles. The van der Waals surface area contributed by atoms with Crippen LogP contribution in [0.15, 0.2) is 42.7 Å². The third-order valence-corrected chi connectivity index (χ3v) is 2.75. The van der Waals surface area contributed by atoms with Gasteiger partial charge in [0.05, 0.1) is 4.92 Å². The van der Waals surface area contributed by atoms with Gasteiger partial charge in [-0.25, -0.2) is 0 Å². The molecular formula is C13H10FN3O3. The molecule has 2 rings (SSSR count). The van der Waals surface area contributed by atoms with E-state index in [4.69, 9.17) is 0 Å². The number of anilines is 1. The first kappa shape index (κ1) is 13.6. The van der Waals surface area contributed by atoms with Crippen LogP contribution in [-0.4, -0.2) is 22.9 Å². The van der Waals surface area contributed by atoms with Gasteiger partial charge in [-0.3, -0.25) is 19.9 Å². The van der Waals surface area contributed by atoms with E-state index in [0.29, 0.717) is 5.69 Å². The molecule has 6 nitrogen and oxygen atoms in total. The number of rotatable bonds is 3. The van der Waals surface area contributed by atoms with Crippen LogP contribution < -0.4 is 4.90 Å². The van der Waals surface area contributed by atoms with E-state index < -0.39 is 22.3 Å². The fourth-order valence-corrected chi connectivity index (χ4v) is 1.67. The second-order valence-corrected chi connectivity index (χ2v) is 3.99. The number of pyridine rings is 1. The average Bonchev–Trinajstić information content (AvgIpc) is 2.46. The van der Waals surface area contributed by atoms with Crippen molar-refractivity contribution in [2.45, 2.75) is 0 Å². The van der Waals surface area contributed by atoms with Crippen molar-refractivity contribution >= 4 is 17.3 Å². The van der Waals surface area contributed by atoms with E-state index >= 15 is 0 Å². The van der Waals surface area contributed by atoms with Crippen molar-refractivity contribution in [1.82, 2.24) is 4.98 Å². The fraction of sp³-hybridized carbons (Fsp3) is 0.0769. The minimum absolute atomic E-state index is 0.0346. The van der Waals surface area contributed by atoms with Crippen molar-refractivity contribution in [3.05, 3.63) is 64.2 Å². The van der Waals surface area contributed by atoms with Crippen LogP contribution >= 0.6 is 0 Å². The van der Waals surface area contributed by atoms with Crippen molar-refractivity contribution in [1.29, 1.82) is 0 Å². The molecule has 0 aliphatic carbocycles. The smallest absolute Gasteiger partial charge is 0.304 e. The predicted octanol–water partition coefficient (Wildman–Crippen LogP) is 2.41. The Labute approximate surface area is 113 Å². The largest absolute Gasteiger partial charge is 0.311 e. The summed E-state index contributed by atoms with van der Waals surface area (Å²) >= 11 is 0. The number of nitrogens with zero attached hydrogens (tertiary/aromatic N) is 3. The van der Waals surface area contributed by atoms with Gasteiger partial charge in [0.2, 0.25) is 5.82 Å². The van der Waals surface area contributed by atoms with Gasteiger partial charge in [0.15, 0.2) is 0 Å². The molecule has 7 heteroatoms. The summed E-state index contributed by atoms with van der Waals surface area (Å²) < 4.78 is 13.5.